The summed E-state index contributed by atoms with van der Waals surface area (Å²) in [7, 11) is 0. The number of nitrogens with two attached hydrogens (primary N) is 1. The molecule has 0 aliphatic carbocycles. The lowest BCUT2D eigenvalue weighted by Gasteiger charge is -2.26. The molecule has 2 aliphatic rings. The minimum Gasteiger partial charge on any atom is -0.381 e. The van der Waals surface area contributed by atoms with Gasteiger partial charge in [0.25, 0.3) is 0 Å². The highest BCUT2D eigenvalue weighted by Gasteiger charge is 2.26. The van der Waals surface area contributed by atoms with Crippen molar-refractivity contribution in [2.24, 2.45) is 11.7 Å². The molecule has 1 amide bonds. The fourth-order valence-electron chi connectivity index (χ4n) is 3.79. The first-order chi connectivity index (χ1) is 12.7. The van der Waals surface area contributed by atoms with E-state index in [1.807, 2.05) is 24.3 Å². The molecule has 154 valence electrons. The van der Waals surface area contributed by atoms with E-state index in [4.69, 9.17) is 15.5 Å². The molecule has 1 fully saturated rings. The Kier molecular flexibility index (Phi) is 8.31. The normalized spacial score (nSPS) is 17.6. The molecule has 1 aromatic carbocycles. The molecular formula is C20H28Cl2N4O2. The van der Waals surface area contributed by atoms with Crippen molar-refractivity contribution in [2.45, 2.75) is 44.7 Å². The number of nitrogens with zero attached hydrogens (tertiary/aromatic N) is 2. The van der Waals surface area contributed by atoms with Crippen LogP contribution in [0.25, 0.3) is 11.3 Å². The first-order valence-electron chi connectivity index (χ1n) is 9.51. The van der Waals surface area contributed by atoms with Gasteiger partial charge in [-0.1, -0.05) is 12.1 Å². The fraction of sp³-hybridized carbons (Fsp3) is 0.500. The van der Waals surface area contributed by atoms with E-state index in [9.17, 15) is 4.79 Å². The van der Waals surface area contributed by atoms with Gasteiger partial charge >= 0.3 is 0 Å². The van der Waals surface area contributed by atoms with E-state index in [2.05, 4.69) is 16.1 Å². The number of amides is 1. The predicted octanol–water partition coefficient (Wildman–Crippen LogP) is 3.42. The molecule has 0 spiro atoms. The topological polar surface area (TPSA) is 82.2 Å². The number of anilines is 1. The molecule has 1 atom stereocenters. The molecule has 1 unspecified atom stereocenters. The Morgan fingerprint density at radius 2 is 1.89 bits per heavy atom. The van der Waals surface area contributed by atoms with Gasteiger partial charge in [-0.25, -0.2) is 4.98 Å². The van der Waals surface area contributed by atoms with Crippen LogP contribution in [0.4, 0.5) is 5.69 Å². The Bertz CT molecular complexity index is 750. The van der Waals surface area contributed by atoms with Gasteiger partial charge in [0.1, 0.15) is 5.82 Å². The van der Waals surface area contributed by atoms with Gasteiger partial charge in [-0.05, 0) is 43.7 Å². The Hall–Kier alpha value is -1.60. The number of aryl methyl sites for hydroxylation is 2. The second-order valence-electron chi connectivity index (χ2n) is 7.24. The molecule has 0 bridgehead atoms. The van der Waals surface area contributed by atoms with Crippen LogP contribution in [0.3, 0.4) is 0 Å². The van der Waals surface area contributed by atoms with Crippen LogP contribution in [0, 0.1) is 5.92 Å². The molecule has 0 saturated carbocycles. The number of hydrogen-bond donors (Lipinski definition) is 2. The van der Waals surface area contributed by atoms with Crippen molar-refractivity contribution >= 4 is 36.4 Å². The van der Waals surface area contributed by atoms with Gasteiger partial charge in [0.05, 0.1) is 11.7 Å². The van der Waals surface area contributed by atoms with E-state index in [0.29, 0.717) is 13.2 Å². The quantitative estimate of drug-likeness (QED) is 0.784. The summed E-state index contributed by atoms with van der Waals surface area (Å²) < 4.78 is 7.59. The lowest BCUT2D eigenvalue weighted by molar-refractivity contribution is -0.119. The smallest absolute Gasteiger partial charge is 0.241 e. The molecule has 6 nitrogen and oxygen atoms in total. The van der Waals surface area contributed by atoms with Gasteiger partial charge < -0.3 is 20.4 Å². The summed E-state index contributed by atoms with van der Waals surface area (Å²) in [6, 6.07) is 7.36. The van der Waals surface area contributed by atoms with Crippen molar-refractivity contribution in [2.75, 3.05) is 18.5 Å². The number of hydrogen-bond acceptors (Lipinski definition) is 4. The summed E-state index contributed by atoms with van der Waals surface area (Å²) in [5.74, 6) is 1.24. The zero-order valence-corrected chi connectivity index (χ0v) is 17.4. The molecule has 3 heterocycles. The number of halogens is 2. The van der Waals surface area contributed by atoms with Crippen molar-refractivity contribution in [3.63, 3.8) is 0 Å². The fourth-order valence-corrected chi connectivity index (χ4v) is 3.79. The molecule has 1 aromatic heterocycles. The Labute approximate surface area is 178 Å². The molecule has 28 heavy (non-hydrogen) atoms. The average Bonchev–Trinajstić information content (AvgIpc) is 3.13. The zero-order valence-electron chi connectivity index (χ0n) is 15.8. The minimum absolute atomic E-state index is 0. The summed E-state index contributed by atoms with van der Waals surface area (Å²) in [6.45, 7) is 2.44. The van der Waals surface area contributed by atoms with Crippen LogP contribution >= 0.6 is 24.8 Å². The number of ether oxygens (including phenoxy) is 1. The summed E-state index contributed by atoms with van der Waals surface area (Å²) in [4.78, 5) is 17.2. The van der Waals surface area contributed by atoms with Crippen LogP contribution in [0.2, 0.25) is 0 Å². The van der Waals surface area contributed by atoms with Gasteiger partial charge in [0, 0.05) is 43.6 Å². The summed E-state index contributed by atoms with van der Waals surface area (Å²) in [5, 5.41) is 2.94. The maximum Gasteiger partial charge on any atom is 0.241 e. The van der Waals surface area contributed by atoms with Crippen LogP contribution in [0.5, 0.6) is 0 Å². The van der Waals surface area contributed by atoms with Crippen LogP contribution in [-0.4, -0.2) is 34.7 Å². The second kappa shape index (κ2) is 10.3. The maximum absolute atomic E-state index is 12.4. The van der Waals surface area contributed by atoms with E-state index in [1.165, 1.54) is 18.7 Å². The number of aromatic nitrogens is 2. The van der Waals surface area contributed by atoms with Crippen molar-refractivity contribution in [1.82, 2.24) is 9.55 Å². The Morgan fingerprint density at radius 1 is 1.18 bits per heavy atom. The van der Waals surface area contributed by atoms with Gasteiger partial charge in [0.2, 0.25) is 5.91 Å². The standard InChI is InChI=1S/C20H26N4O2.2ClH/c21-19(15-8-11-26-12-9-15)20(25)22-16-6-4-14(5-7-16)17-13-24-10-2-1-3-18(24)23-17;;/h4-7,13,15,19H,1-3,8-12,21H2,(H,22,25);2*1H. The van der Waals surface area contributed by atoms with Crippen LogP contribution < -0.4 is 11.1 Å². The highest BCUT2D eigenvalue weighted by molar-refractivity contribution is 5.95. The van der Waals surface area contributed by atoms with Crippen LogP contribution in [0.15, 0.2) is 30.5 Å². The Balaban J connectivity index is 0.00000140. The number of nitrogens with one attached hydrogen (secondary N) is 1. The SMILES string of the molecule is Cl.Cl.NC(C(=O)Nc1ccc(-c2cn3c(n2)CCCC3)cc1)C1CCOCC1. The molecule has 3 N–H and O–H groups in total. The zero-order chi connectivity index (χ0) is 17.9. The van der Waals surface area contributed by atoms with Crippen molar-refractivity contribution < 1.29 is 9.53 Å². The molecular weight excluding hydrogens is 399 g/mol. The lowest BCUT2D eigenvalue weighted by atomic mass is 9.92. The first kappa shape index (κ1) is 22.7. The molecule has 1 saturated heterocycles. The summed E-state index contributed by atoms with van der Waals surface area (Å²) in [6.07, 6.45) is 7.31. The van der Waals surface area contributed by atoms with E-state index in [-0.39, 0.29) is 36.6 Å². The number of imidazole rings is 1. The van der Waals surface area contributed by atoms with Crippen molar-refractivity contribution in [3.8, 4) is 11.3 Å². The molecule has 8 heteroatoms. The highest BCUT2D eigenvalue weighted by Crippen LogP contribution is 2.24. The van der Waals surface area contributed by atoms with Crippen molar-refractivity contribution in [3.05, 3.63) is 36.3 Å². The van der Waals surface area contributed by atoms with Crippen LogP contribution in [-0.2, 0) is 22.5 Å². The third-order valence-electron chi connectivity index (χ3n) is 5.43. The van der Waals surface area contributed by atoms with Crippen molar-refractivity contribution in [1.29, 1.82) is 0 Å². The largest absolute Gasteiger partial charge is 0.381 e. The van der Waals surface area contributed by atoms with Gasteiger partial charge in [-0.2, -0.15) is 0 Å². The number of carbonyl (C=O) groups excluding carboxylic acids is 1. The monoisotopic (exact) mass is 426 g/mol. The highest BCUT2D eigenvalue weighted by atomic mass is 35.5. The van der Waals surface area contributed by atoms with E-state index in [1.54, 1.807) is 0 Å². The first-order valence-corrected chi connectivity index (χ1v) is 9.51. The van der Waals surface area contributed by atoms with Gasteiger partial charge in [-0.3, -0.25) is 4.79 Å². The molecule has 2 aromatic rings. The van der Waals surface area contributed by atoms with E-state index >= 15 is 0 Å². The van der Waals surface area contributed by atoms with Crippen LogP contribution in [0.1, 0.15) is 31.5 Å². The molecule has 2 aliphatic heterocycles. The number of benzene rings is 1. The third kappa shape index (κ3) is 5.06. The minimum atomic E-state index is -0.488. The summed E-state index contributed by atoms with van der Waals surface area (Å²) in [5.41, 5.74) is 8.97. The van der Waals surface area contributed by atoms with Gasteiger partial charge in [0.15, 0.2) is 0 Å². The summed E-state index contributed by atoms with van der Waals surface area (Å²) >= 11 is 0. The molecule has 0 radical (unpaired) electrons. The number of rotatable bonds is 4. The second-order valence-corrected chi connectivity index (χ2v) is 7.24. The van der Waals surface area contributed by atoms with Gasteiger partial charge in [-0.15, -0.1) is 24.8 Å². The molecule has 4 rings (SSSR count). The third-order valence-corrected chi connectivity index (χ3v) is 5.43. The van der Waals surface area contributed by atoms with E-state index in [0.717, 1.165) is 42.8 Å². The average molecular weight is 427 g/mol. The number of fused-ring (bicyclic) bond motifs is 1. The maximum atomic E-state index is 12.4. The Morgan fingerprint density at radius 3 is 2.57 bits per heavy atom. The predicted molar refractivity (Wildman–Crippen MR) is 115 cm³/mol. The van der Waals surface area contributed by atoms with E-state index < -0.39 is 6.04 Å². The number of carbonyl (C=O) groups is 1. The lowest BCUT2D eigenvalue weighted by Crippen LogP contribution is -2.43.